The number of dihydropyridines is 1. The van der Waals surface area contributed by atoms with Crippen LogP contribution in [0.1, 0.15) is 12.0 Å². The van der Waals surface area contributed by atoms with E-state index in [1.807, 2.05) is 48.5 Å². The van der Waals surface area contributed by atoms with E-state index in [1.54, 1.807) is 0 Å². The number of anilines is 1. The topological polar surface area (TPSA) is 84.8 Å². The summed E-state index contributed by atoms with van der Waals surface area (Å²) in [7, 11) is 1.85. The van der Waals surface area contributed by atoms with Crippen molar-refractivity contribution < 1.29 is 9.90 Å². The number of likely N-dealkylation sites (N-methyl/N-ethyl adjacent to an activating group) is 1. The Hall–Kier alpha value is -2.64. The predicted molar refractivity (Wildman–Crippen MR) is 111 cm³/mol. The fourth-order valence-electron chi connectivity index (χ4n) is 3.72. The minimum absolute atomic E-state index is 0.394. The molecule has 0 spiro atoms. The summed E-state index contributed by atoms with van der Waals surface area (Å²) in [4.78, 5) is 19.9. The number of aromatic amines is 1. The van der Waals surface area contributed by atoms with E-state index in [0.717, 1.165) is 47.7 Å². The van der Waals surface area contributed by atoms with Crippen molar-refractivity contribution in [1.82, 2.24) is 15.1 Å². The van der Waals surface area contributed by atoms with Crippen LogP contribution in [0, 0.1) is 0 Å². The molecule has 0 aliphatic carbocycles. The van der Waals surface area contributed by atoms with Crippen molar-refractivity contribution in [3.8, 4) is 11.3 Å². The number of aliphatic carboxylic acids is 1. The molecule has 2 N–H and O–H groups in total. The standard InChI is InChI=1S/C20H22ClN5O2/c1-25-10-11-26(12-16(25)20(27)28)19-17(13-6-8-22-9-7-13)18(23-24-19)14-2-4-15(21)5-3-14/h2-6,8,16H,7,9-12H2,1H3,(H,23,24)(H,27,28). The molecule has 2 aliphatic rings. The van der Waals surface area contributed by atoms with Gasteiger partial charge >= 0.3 is 5.97 Å². The Labute approximate surface area is 168 Å². The van der Waals surface area contributed by atoms with Crippen LogP contribution in [0.2, 0.25) is 5.02 Å². The van der Waals surface area contributed by atoms with Crippen molar-refractivity contribution in [2.24, 2.45) is 4.99 Å². The van der Waals surface area contributed by atoms with Crippen LogP contribution < -0.4 is 4.90 Å². The van der Waals surface area contributed by atoms with Crippen LogP contribution in [0.15, 0.2) is 35.3 Å². The van der Waals surface area contributed by atoms with Crippen molar-refractivity contribution in [3.05, 3.63) is 40.9 Å². The van der Waals surface area contributed by atoms with Gasteiger partial charge in [0, 0.05) is 48.5 Å². The van der Waals surface area contributed by atoms with E-state index in [-0.39, 0.29) is 0 Å². The van der Waals surface area contributed by atoms with Crippen LogP contribution in [0.3, 0.4) is 0 Å². The average Bonchev–Trinajstić information content (AvgIpc) is 3.14. The lowest BCUT2D eigenvalue weighted by atomic mass is 9.96. The number of nitrogens with zero attached hydrogens (tertiary/aromatic N) is 4. The molecule has 146 valence electrons. The number of nitrogens with one attached hydrogen (secondary N) is 1. The fourth-order valence-corrected chi connectivity index (χ4v) is 3.84. The summed E-state index contributed by atoms with van der Waals surface area (Å²) in [5.41, 5.74) is 4.07. The Kier molecular flexibility index (Phi) is 5.19. The van der Waals surface area contributed by atoms with Crippen molar-refractivity contribution in [3.63, 3.8) is 0 Å². The highest BCUT2D eigenvalue weighted by molar-refractivity contribution is 6.30. The van der Waals surface area contributed by atoms with E-state index in [2.05, 4.69) is 20.1 Å². The zero-order valence-electron chi connectivity index (χ0n) is 15.6. The molecule has 0 radical (unpaired) electrons. The van der Waals surface area contributed by atoms with Gasteiger partial charge in [-0.2, -0.15) is 5.10 Å². The minimum atomic E-state index is -0.814. The van der Waals surface area contributed by atoms with Crippen molar-refractivity contribution in [1.29, 1.82) is 0 Å². The van der Waals surface area contributed by atoms with Gasteiger partial charge < -0.3 is 10.0 Å². The zero-order chi connectivity index (χ0) is 19.7. The number of allylic oxidation sites excluding steroid dienone is 1. The summed E-state index contributed by atoms with van der Waals surface area (Å²) < 4.78 is 0. The number of carboxylic acid groups (broad SMARTS) is 1. The number of piperazine rings is 1. The number of rotatable bonds is 4. The lowest BCUT2D eigenvalue weighted by molar-refractivity contribution is -0.142. The molecule has 8 heteroatoms. The van der Waals surface area contributed by atoms with Crippen LogP contribution in [0.4, 0.5) is 5.82 Å². The normalized spacial score (nSPS) is 20.3. The molecule has 1 unspecified atom stereocenters. The highest BCUT2D eigenvalue weighted by Gasteiger charge is 2.33. The molecule has 7 nitrogen and oxygen atoms in total. The zero-order valence-corrected chi connectivity index (χ0v) is 16.4. The Morgan fingerprint density at radius 1 is 1.29 bits per heavy atom. The van der Waals surface area contributed by atoms with E-state index >= 15 is 0 Å². The summed E-state index contributed by atoms with van der Waals surface area (Å²) in [6.07, 6.45) is 4.66. The molecule has 28 heavy (non-hydrogen) atoms. The number of aromatic nitrogens is 2. The molecule has 1 fully saturated rings. The molecule has 1 aromatic heterocycles. The molecule has 0 amide bonds. The molecule has 2 aliphatic heterocycles. The van der Waals surface area contributed by atoms with E-state index < -0.39 is 12.0 Å². The van der Waals surface area contributed by atoms with Gasteiger partial charge in [0.05, 0.1) is 5.69 Å². The van der Waals surface area contributed by atoms with Gasteiger partial charge in [-0.1, -0.05) is 23.7 Å². The molecule has 1 saturated heterocycles. The van der Waals surface area contributed by atoms with E-state index in [4.69, 9.17) is 11.6 Å². The molecule has 3 heterocycles. The average molecular weight is 400 g/mol. The summed E-state index contributed by atoms with van der Waals surface area (Å²) in [5.74, 6) is -0.0166. The van der Waals surface area contributed by atoms with E-state index in [1.165, 1.54) is 0 Å². The number of carboxylic acids is 1. The Morgan fingerprint density at radius 2 is 2.07 bits per heavy atom. The third-order valence-corrected chi connectivity index (χ3v) is 5.58. The van der Waals surface area contributed by atoms with Crippen molar-refractivity contribution >= 4 is 35.2 Å². The van der Waals surface area contributed by atoms with E-state index in [0.29, 0.717) is 18.1 Å². The maximum Gasteiger partial charge on any atom is 0.322 e. The van der Waals surface area contributed by atoms with Crippen LogP contribution in [-0.2, 0) is 4.79 Å². The van der Waals surface area contributed by atoms with Gasteiger partial charge in [0.2, 0.25) is 0 Å². The number of benzene rings is 1. The smallest absolute Gasteiger partial charge is 0.322 e. The third-order valence-electron chi connectivity index (χ3n) is 5.33. The molecular formula is C20H22ClN5O2. The maximum absolute atomic E-state index is 11.6. The first-order valence-corrected chi connectivity index (χ1v) is 9.64. The van der Waals surface area contributed by atoms with Crippen LogP contribution >= 0.6 is 11.6 Å². The summed E-state index contributed by atoms with van der Waals surface area (Å²) in [6.45, 7) is 2.52. The van der Waals surface area contributed by atoms with Gasteiger partial charge in [-0.05, 0) is 37.3 Å². The third kappa shape index (κ3) is 3.55. The Morgan fingerprint density at radius 3 is 2.75 bits per heavy atom. The van der Waals surface area contributed by atoms with Gasteiger partial charge in [-0.3, -0.25) is 19.8 Å². The monoisotopic (exact) mass is 399 g/mol. The second kappa shape index (κ2) is 7.77. The first-order valence-electron chi connectivity index (χ1n) is 9.26. The Balaban J connectivity index is 1.77. The van der Waals surface area contributed by atoms with Crippen molar-refractivity contribution in [2.75, 3.05) is 38.1 Å². The quantitative estimate of drug-likeness (QED) is 0.825. The van der Waals surface area contributed by atoms with Crippen molar-refractivity contribution in [2.45, 2.75) is 12.5 Å². The summed E-state index contributed by atoms with van der Waals surface area (Å²) >= 11 is 6.05. The number of H-pyrrole nitrogens is 1. The van der Waals surface area contributed by atoms with Gasteiger partial charge in [0.1, 0.15) is 6.04 Å². The van der Waals surface area contributed by atoms with Gasteiger partial charge in [-0.15, -0.1) is 0 Å². The first-order chi connectivity index (χ1) is 13.5. The highest BCUT2D eigenvalue weighted by atomic mass is 35.5. The molecule has 1 atom stereocenters. The molecule has 4 rings (SSSR count). The maximum atomic E-state index is 11.6. The molecule has 1 aromatic carbocycles. The predicted octanol–water partition coefficient (Wildman–Crippen LogP) is 2.79. The Bertz CT molecular complexity index is 935. The SMILES string of the molecule is CN1CCN(c2n[nH]c(-c3ccc(Cl)cc3)c2C2=CC=NCC2)CC1C(=O)O. The van der Waals surface area contributed by atoms with Gasteiger partial charge in [0.25, 0.3) is 0 Å². The minimum Gasteiger partial charge on any atom is -0.480 e. The molecular weight excluding hydrogens is 378 g/mol. The number of hydrogen-bond donors (Lipinski definition) is 2. The van der Waals surface area contributed by atoms with E-state index in [9.17, 15) is 9.90 Å². The number of aliphatic imine (C=N–C) groups is 1. The van der Waals surface area contributed by atoms with Gasteiger partial charge in [0.15, 0.2) is 5.82 Å². The first kappa shape index (κ1) is 18.7. The second-order valence-electron chi connectivity index (χ2n) is 7.08. The molecule has 0 bridgehead atoms. The summed E-state index contributed by atoms with van der Waals surface area (Å²) in [5, 5.41) is 18.0. The number of hydrogen-bond acceptors (Lipinski definition) is 5. The molecule has 0 saturated carbocycles. The highest BCUT2D eigenvalue weighted by Crippen LogP contribution is 2.37. The number of halogens is 1. The lowest BCUT2D eigenvalue weighted by Gasteiger charge is -2.37. The largest absolute Gasteiger partial charge is 0.480 e. The lowest BCUT2D eigenvalue weighted by Crippen LogP contribution is -2.55. The van der Waals surface area contributed by atoms with Crippen LogP contribution in [0.25, 0.3) is 16.8 Å². The van der Waals surface area contributed by atoms with Crippen LogP contribution in [-0.4, -0.2) is 71.7 Å². The summed E-state index contributed by atoms with van der Waals surface area (Å²) in [6, 6.07) is 7.08. The second-order valence-corrected chi connectivity index (χ2v) is 7.52. The fraction of sp³-hybridized carbons (Fsp3) is 0.350. The van der Waals surface area contributed by atoms with Crippen LogP contribution in [0.5, 0.6) is 0 Å². The molecule has 2 aromatic rings. The van der Waals surface area contributed by atoms with Gasteiger partial charge in [-0.25, -0.2) is 0 Å². The number of carbonyl (C=O) groups is 1.